The highest BCUT2D eigenvalue weighted by Crippen LogP contribution is 2.27. The van der Waals surface area contributed by atoms with Crippen LogP contribution in [0.3, 0.4) is 0 Å². The number of carbonyl (C=O) groups is 2. The third kappa shape index (κ3) is 5.93. The summed E-state index contributed by atoms with van der Waals surface area (Å²) in [5.74, 6) is 0.317. The maximum absolute atomic E-state index is 12.9. The van der Waals surface area contributed by atoms with Gasteiger partial charge < -0.3 is 4.74 Å². The van der Waals surface area contributed by atoms with Crippen molar-refractivity contribution in [2.75, 3.05) is 12.5 Å². The van der Waals surface area contributed by atoms with Crippen molar-refractivity contribution in [2.45, 2.75) is 57.6 Å². The predicted octanol–water partition coefficient (Wildman–Crippen LogP) is 5.84. The second-order valence-corrected chi connectivity index (χ2v) is 8.16. The van der Waals surface area contributed by atoms with Gasteiger partial charge >= 0.3 is 0 Å². The first-order chi connectivity index (χ1) is 14.7. The van der Waals surface area contributed by atoms with Crippen LogP contribution in [0.4, 0.5) is 0 Å². The van der Waals surface area contributed by atoms with E-state index >= 15 is 0 Å². The lowest BCUT2D eigenvalue weighted by Crippen LogP contribution is -2.42. The number of hydrogen-bond acceptors (Lipinski definition) is 3. The van der Waals surface area contributed by atoms with Crippen molar-refractivity contribution in [1.29, 1.82) is 0 Å². The first kappa shape index (κ1) is 22.5. The highest BCUT2D eigenvalue weighted by atomic mass is 35.5. The van der Waals surface area contributed by atoms with Crippen LogP contribution in [0, 0.1) is 0 Å². The Balaban J connectivity index is 1.59. The summed E-state index contributed by atoms with van der Waals surface area (Å²) >= 11 is 5.73. The Morgan fingerprint density at radius 2 is 1.33 bits per heavy atom. The van der Waals surface area contributed by atoms with E-state index in [1.54, 1.807) is 24.3 Å². The number of ether oxygens (including phenoxy) is 1. The molecular weight excluding hydrogens is 398 g/mol. The van der Waals surface area contributed by atoms with Crippen LogP contribution in [0.25, 0.3) is 0 Å². The van der Waals surface area contributed by atoms with Crippen LogP contribution in [0.2, 0.25) is 0 Å². The second kappa shape index (κ2) is 11.9. The molecule has 0 aromatic heterocycles. The van der Waals surface area contributed by atoms with E-state index < -0.39 is 0 Å². The number of unbranched alkanes of at least 4 members (excludes halogenated alkanes) is 5. The van der Waals surface area contributed by atoms with Crippen molar-refractivity contribution in [1.82, 2.24) is 4.90 Å². The summed E-state index contributed by atoms with van der Waals surface area (Å²) in [4.78, 5) is 27.3. The molecule has 0 spiro atoms. The maximum atomic E-state index is 12.9. The molecule has 2 amide bonds. The smallest absolute Gasteiger partial charge is 0.261 e. The third-order valence-corrected chi connectivity index (χ3v) is 5.80. The Bertz CT molecular complexity index is 789. The molecule has 0 aliphatic carbocycles. The molecular formula is C25H30ClNO3. The third-order valence-electron chi connectivity index (χ3n) is 5.53. The van der Waals surface area contributed by atoms with Gasteiger partial charge in [0.05, 0.1) is 30.4 Å². The molecule has 1 aliphatic rings. The topological polar surface area (TPSA) is 46.6 Å². The number of benzene rings is 2. The Hall–Kier alpha value is -2.17. The summed E-state index contributed by atoms with van der Waals surface area (Å²) < 4.78 is 5.94. The van der Waals surface area contributed by atoms with Gasteiger partial charge in [0, 0.05) is 5.88 Å². The number of alkyl halides is 1. The van der Waals surface area contributed by atoms with Gasteiger partial charge in [0.15, 0.2) is 0 Å². The van der Waals surface area contributed by atoms with Crippen LogP contribution in [-0.2, 0) is 11.3 Å². The molecule has 1 heterocycles. The monoisotopic (exact) mass is 427 g/mol. The average molecular weight is 428 g/mol. The number of imide groups is 1. The van der Waals surface area contributed by atoms with Gasteiger partial charge in [-0.3, -0.25) is 14.5 Å². The minimum atomic E-state index is -0.246. The number of amides is 2. The molecule has 160 valence electrons. The fourth-order valence-corrected chi connectivity index (χ4v) is 4.08. The molecule has 1 atom stereocenters. The van der Waals surface area contributed by atoms with Gasteiger partial charge in [-0.1, -0.05) is 74.6 Å². The minimum Gasteiger partial charge on any atom is -0.375 e. The Morgan fingerprint density at radius 3 is 1.97 bits per heavy atom. The lowest BCUT2D eigenvalue weighted by Gasteiger charge is -2.26. The molecule has 5 heteroatoms. The zero-order chi connectivity index (χ0) is 21.2. The Labute approximate surface area is 184 Å². The molecule has 0 saturated heterocycles. The summed E-state index contributed by atoms with van der Waals surface area (Å²) in [6.07, 6.45) is 7.35. The molecule has 2 aromatic rings. The van der Waals surface area contributed by atoms with Crippen molar-refractivity contribution in [3.63, 3.8) is 0 Å². The molecule has 0 fully saturated rings. The number of halogens is 1. The molecule has 0 bridgehead atoms. The minimum absolute atomic E-state index is 0.203. The van der Waals surface area contributed by atoms with Gasteiger partial charge in [0.2, 0.25) is 0 Å². The number of fused-ring (bicyclic) bond motifs is 1. The number of rotatable bonds is 13. The van der Waals surface area contributed by atoms with Crippen LogP contribution < -0.4 is 0 Å². The largest absolute Gasteiger partial charge is 0.375 e. The van der Waals surface area contributed by atoms with Gasteiger partial charge in [0.1, 0.15) is 0 Å². The van der Waals surface area contributed by atoms with E-state index in [9.17, 15) is 9.59 Å². The van der Waals surface area contributed by atoms with E-state index in [0.717, 1.165) is 50.0 Å². The Kier molecular flexibility index (Phi) is 8.91. The fourth-order valence-electron chi connectivity index (χ4n) is 3.90. The summed E-state index contributed by atoms with van der Waals surface area (Å²) in [7, 11) is 0. The number of carbonyl (C=O) groups excluding carboxylic acids is 2. The first-order valence-electron chi connectivity index (χ1n) is 10.9. The zero-order valence-corrected chi connectivity index (χ0v) is 18.2. The van der Waals surface area contributed by atoms with Gasteiger partial charge in [-0.25, -0.2) is 0 Å². The van der Waals surface area contributed by atoms with Crippen LogP contribution in [0.15, 0.2) is 54.6 Å². The van der Waals surface area contributed by atoms with Crippen molar-refractivity contribution in [2.24, 2.45) is 0 Å². The van der Waals surface area contributed by atoms with Gasteiger partial charge in [0.25, 0.3) is 11.8 Å². The average Bonchev–Trinajstić information content (AvgIpc) is 3.03. The normalized spacial score (nSPS) is 14.2. The summed E-state index contributed by atoms with van der Waals surface area (Å²) in [6, 6.07) is 16.8. The van der Waals surface area contributed by atoms with E-state index in [4.69, 9.17) is 16.3 Å². The van der Waals surface area contributed by atoms with Crippen LogP contribution in [0.1, 0.15) is 71.2 Å². The van der Waals surface area contributed by atoms with Crippen molar-refractivity contribution in [3.05, 3.63) is 71.3 Å². The fraction of sp³-hybridized carbons (Fsp3) is 0.440. The quantitative estimate of drug-likeness (QED) is 0.229. The standard InChI is InChI=1S/C25H30ClNO3/c26-17-11-4-2-1-3-8-14-21(19-30-18-20-12-6-5-7-13-20)27-24(28)22-15-9-10-16-23(22)25(27)29/h5-7,9-10,12-13,15-16,21H,1-4,8,11,14,17-19H2. The lowest BCUT2D eigenvalue weighted by molar-refractivity contribution is 0.0341. The number of hydrogen-bond donors (Lipinski definition) is 0. The van der Waals surface area contributed by atoms with Crippen molar-refractivity contribution in [3.8, 4) is 0 Å². The predicted molar refractivity (Wildman–Crippen MR) is 120 cm³/mol. The van der Waals surface area contributed by atoms with E-state index in [1.165, 1.54) is 11.3 Å². The van der Waals surface area contributed by atoms with E-state index in [1.807, 2.05) is 30.3 Å². The molecule has 3 rings (SSSR count). The summed E-state index contributed by atoms with van der Waals surface area (Å²) in [6.45, 7) is 0.825. The van der Waals surface area contributed by atoms with Crippen molar-refractivity contribution < 1.29 is 14.3 Å². The van der Waals surface area contributed by atoms with Crippen LogP contribution in [0.5, 0.6) is 0 Å². The zero-order valence-electron chi connectivity index (χ0n) is 17.4. The molecule has 1 aliphatic heterocycles. The molecule has 0 radical (unpaired) electrons. The number of nitrogens with zero attached hydrogens (tertiary/aromatic N) is 1. The van der Waals surface area contributed by atoms with Gasteiger partial charge in [-0.15, -0.1) is 11.6 Å². The molecule has 0 saturated carbocycles. The van der Waals surface area contributed by atoms with Crippen molar-refractivity contribution >= 4 is 23.4 Å². The summed E-state index contributed by atoms with van der Waals surface area (Å²) in [5.41, 5.74) is 2.08. The van der Waals surface area contributed by atoms with Crippen LogP contribution >= 0.6 is 11.6 Å². The summed E-state index contributed by atoms with van der Waals surface area (Å²) in [5, 5.41) is 0. The van der Waals surface area contributed by atoms with Gasteiger partial charge in [-0.05, 0) is 30.5 Å². The second-order valence-electron chi connectivity index (χ2n) is 7.78. The lowest BCUT2D eigenvalue weighted by atomic mass is 10.0. The van der Waals surface area contributed by atoms with Crippen LogP contribution in [-0.4, -0.2) is 35.2 Å². The highest BCUT2D eigenvalue weighted by Gasteiger charge is 2.39. The molecule has 0 N–H and O–H groups in total. The van der Waals surface area contributed by atoms with Gasteiger partial charge in [-0.2, -0.15) is 0 Å². The first-order valence-corrected chi connectivity index (χ1v) is 11.4. The molecule has 2 aromatic carbocycles. The van der Waals surface area contributed by atoms with E-state index in [0.29, 0.717) is 24.3 Å². The SMILES string of the molecule is O=C1c2ccccc2C(=O)N1C(CCCCCCCCCl)COCc1ccccc1. The molecule has 30 heavy (non-hydrogen) atoms. The molecule has 4 nitrogen and oxygen atoms in total. The van der Waals surface area contributed by atoms with E-state index in [2.05, 4.69) is 0 Å². The highest BCUT2D eigenvalue weighted by molar-refractivity contribution is 6.21. The molecule has 1 unspecified atom stereocenters. The van der Waals surface area contributed by atoms with E-state index in [-0.39, 0.29) is 17.9 Å². The maximum Gasteiger partial charge on any atom is 0.261 e. The Morgan fingerprint density at radius 1 is 0.767 bits per heavy atom.